The number of ether oxygens (including phenoxy) is 1. The fourth-order valence-electron chi connectivity index (χ4n) is 2.62. The van der Waals surface area contributed by atoms with Crippen molar-refractivity contribution < 1.29 is 9.53 Å². The van der Waals surface area contributed by atoms with Gasteiger partial charge in [0.2, 0.25) is 0 Å². The van der Waals surface area contributed by atoms with Gasteiger partial charge in [-0.15, -0.1) is 11.3 Å². The molecule has 0 fully saturated rings. The van der Waals surface area contributed by atoms with Gasteiger partial charge in [0.05, 0.1) is 35.1 Å². The number of aromatic nitrogens is 1. The predicted molar refractivity (Wildman–Crippen MR) is 109 cm³/mol. The zero-order valence-electron chi connectivity index (χ0n) is 15.1. The number of anilines is 2. The van der Waals surface area contributed by atoms with Gasteiger partial charge >= 0.3 is 0 Å². The van der Waals surface area contributed by atoms with Crippen molar-refractivity contribution in [2.45, 2.75) is 0 Å². The van der Waals surface area contributed by atoms with Crippen LogP contribution in [0.15, 0.2) is 41.5 Å². The Morgan fingerprint density at radius 3 is 2.50 bits per heavy atom. The van der Waals surface area contributed by atoms with Gasteiger partial charge in [-0.25, -0.2) is 9.98 Å². The monoisotopic (exact) mass is 368 g/mol. The molecule has 0 N–H and O–H groups in total. The van der Waals surface area contributed by atoms with Crippen molar-refractivity contribution in [3.63, 3.8) is 0 Å². The number of hydrogen-bond donors (Lipinski definition) is 0. The number of fused-ring (bicyclic) bond motifs is 1. The molecule has 0 unspecified atom stereocenters. The number of benzene rings is 1. The van der Waals surface area contributed by atoms with Gasteiger partial charge in [-0.1, -0.05) is 0 Å². The minimum atomic E-state index is 0.571. The number of carbonyl (C=O) groups excluding carboxylic acids is 1. The lowest BCUT2D eigenvalue weighted by molar-refractivity contribution is 0.112. The van der Waals surface area contributed by atoms with Crippen LogP contribution in [0.4, 0.5) is 17.1 Å². The van der Waals surface area contributed by atoms with Crippen LogP contribution in [0.2, 0.25) is 0 Å². The maximum absolute atomic E-state index is 11.5. The van der Waals surface area contributed by atoms with Gasteiger partial charge in [0, 0.05) is 33.0 Å². The molecular formula is C19H20N4O2S. The number of thiophene rings is 1. The molecule has 3 rings (SSSR count). The second-order valence-electron chi connectivity index (χ2n) is 5.89. The van der Waals surface area contributed by atoms with Crippen molar-refractivity contribution in [3.8, 4) is 5.75 Å². The standard InChI is InChI=1S/C19H20N4O2S/c1-22(2)15-9-10-20-19-17(15)18(16(11-24)26-19)21-12-23(3)13-5-7-14(25-4)8-6-13/h5-12H,1-4H3. The highest BCUT2D eigenvalue weighted by Gasteiger charge is 2.16. The summed E-state index contributed by atoms with van der Waals surface area (Å²) in [6.07, 6.45) is 4.30. The summed E-state index contributed by atoms with van der Waals surface area (Å²) in [5, 5.41) is 0.893. The lowest BCUT2D eigenvalue weighted by Gasteiger charge is -2.15. The zero-order chi connectivity index (χ0) is 18.7. The second kappa shape index (κ2) is 7.53. The van der Waals surface area contributed by atoms with Crippen LogP contribution in [0, 0.1) is 0 Å². The van der Waals surface area contributed by atoms with E-state index < -0.39 is 0 Å². The molecule has 7 heteroatoms. The first-order valence-electron chi connectivity index (χ1n) is 8.00. The highest BCUT2D eigenvalue weighted by Crippen LogP contribution is 2.40. The third kappa shape index (κ3) is 3.39. The highest BCUT2D eigenvalue weighted by atomic mass is 32.1. The Balaban J connectivity index is 2.01. The molecule has 3 aromatic rings. The van der Waals surface area contributed by atoms with Crippen LogP contribution in [0.1, 0.15) is 9.67 Å². The van der Waals surface area contributed by atoms with Crippen molar-refractivity contribution in [2.75, 3.05) is 38.1 Å². The van der Waals surface area contributed by atoms with E-state index in [1.807, 2.05) is 61.3 Å². The lowest BCUT2D eigenvalue weighted by atomic mass is 10.2. The third-order valence-corrected chi connectivity index (χ3v) is 5.01. The molecule has 0 radical (unpaired) electrons. The van der Waals surface area contributed by atoms with E-state index in [1.165, 1.54) is 11.3 Å². The lowest BCUT2D eigenvalue weighted by Crippen LogP contribution is -2.13. The quantitative estimate of drug-likeness (QED) is 0.374. The Morgan fingerprint density at radius 1 is 1.15 bits per heavy atom. The molecule has 0 saturated heterocycles. The Hall–Kier alpha value is -2.93. The normalized spacial score (nSPS) is 11.1. The topological polar surface area (TPSA) is 58.0 Å². The summed E-state index contributed by atoms with van der Waals surface area (Å²) in [6, 6.07) is 9.61. The number of methoxy groups -OCH3 is 1. The van der Waals surface area contributed by atoms with E-state index in [4.69, 9.17) is 4.74 Å². The minimum Gasteiger partial charge on any atom is -0.497 e. The van der Waals surface area contributed by atoms with Crippen LogP contribution in [-0.2, 0) is 0 Å². The maximum Gasteiger partial charge on any atom is 0.162 e. The van der Waals surface area contributed by atoms with Crippen molar-refractivity contribution in [2.24, 2.45) is 4.99 Å². The summed E-state index contributed by atoms with van der Waals surface area (Å²) in [7, 11) is 7.47. The van der Waals surface area contributed by atoms with E-state index in [0.717, 1.165) is 33.6 Å². The minimum absolute atomic E-state index is 0.571. The van der Waals surface area contributed by atoms with Crippen LogP contribution < -0.4 is 14.5 Å². The van der Waals surface area contributed by atoms with Gasteiger partial charge in [-0.3, -0.25) is 4.79 Å². The molecule has 0 aliphatic carbocycles. The SMILES string of the molecule is COc1ccc(N(C)C=Nc2c(C=O)sc3nccc(N(C)C)c23)cc1. The largest absolute Gasteiger partial charge is 0.497 e. The van der Waals surface area contributed by atoms with E-state index in [9.17, 15) is 4.79 Å². The van der Waals surface area contributed by atoms with E-state index in [1.54, 1.807) is 19.6 Å². The molecule has 0 aliphatic heterocycles. The molecule has 0 saturated carbocycles. The van der Waals surface area contributed by atoms with Gasteiger partial charge in [0.15, 0.2) is 6.29 Å². The van der Waals surface area contributed by atoms with Crippen LogP contribution in [0.25, 0.3) is 10.2 Å². The number of rotatable bonds is 6. The van der Waals surface area contributed by atoms with Gasteiger partial charge in [0.25, 0.3) is 0 Å². The van der Waals surface area contributed by atoms with Crippen molar-refractivity contribution in [1.29, 1.82) is 0 Å². The molecule has 26 heavy (non-hydrogen) atoms. The molecule has 2 heterocycles. The number of pyridine rings is 1. The van der Waals surface area contributed by atoms with Crippen LogP contribution in [0.5, 0.6) is 5.75 Å². The van der Waals surface area contributed by atoms with Crippen molar-refractivity contribution >= 4 is 51.2 Å². The first-order valence-corrected chi connectivity index (χ1v) is 8.82. The maximum atomic E-state index is 11.5. The van der Waals surface area contributed by atoms with Gasteiger partial charge in [-0.2, -0.15) is 0 Å². The van der Waals surface area contributed by atoms with E-state index in [0.29, 0.717) is 10.6 Å². The third-order valence-electron chi connectivity index (χ3n) is 4.00. The Bertz CT molecular complexity index is 948. The van der Waals surface area contributed by atoms with Crippen LogP contribution in [0.3, 0.4) is 0 Å². The summed E-state index contributed by atoms with van der Waals surface area (Å²) in [5.74, 6) is 0.799. The fourth-order valence-corrected chi connectivity index (χ4v) is 3.54. The highest BCUT2D eigenvalue weighted by molar-refractivity contribution is 7.21. The Kier molecular flexibility index (Phi) is 5.18. The van der Waals surface area contributed by atoms with E-state index in [2.05, 4.69) is 9.98 Å². The number of hydrogen-bond acceptors (Lipinski definition) is 6. The Labute approximate surface area is 156 Å². The van der Waals surface area contributed by atoms with E-state index in [-0.39, 0.29) is 0 Å². The second-order valence-corrected chi connectivity index (χ2v) is 6.92. The van der Waals surface area contributed by atoms with Crippen molar-refractivity contribution in [1.82, 2.24) is 4.98 Å². The predicted octanol–water partition coefficient (Wildman–Crippen LogP) is 3.98. The number of carbonyl (C=O) groups is 1. The van der Waals surface area contributed by atoms with Gasteiger partial charge < -0.3 is 14.5 Å². The van der Waals surface area contributed by atoms with Gasteiger partial charge in [-0.05, 0) is 30.3 Å². The zero-order valence-corrected chi connectivity index (χ0v) is 15.9. The average molecular weight is 368 g/mol. The van der Waals surface area contributed by atoms with Crippen molar-refractivity contribution in [3.05, 3.63) is 41.4 Å². The average Bonchev–Trinajstić information content (AvgIpc) is 3.03. The summed E-state index contributed by atoms with van der Waals surface area (Å²) in [5.41, 5.74) is 2.60. The molecule has 0 bridgehead atoms. The molecule has 0 spiro atoms. The summed E-state index contributed by atoms with van der Waals surface area (Å²) in [6.45, 7) is 0. The molecule has 0 amide bonds. The Morgan fingerprint density at radius 2 is 1.88 bits per heavy atom. The van der Waals surface area contributed by atoms with Crippen LogP contribution >= 0.6 is 11.3 Å². The summed E-state index contributed by atoms with van der Waals surface area (Å²) < 4.78 is 5.18. The first kappa shape index (κ1) is 17.9. The molecule has 0 atom stereocenters. The van der Waals surface area contributed by atoms with Gasteiger partial charge in [0.1, 0.15) is 10.6 Å². The number of nitrogens with zero attached hydrogens (tertiary/aromatic N) is 4. The molecule has 6 nitrogen and oxygen atoms in total. The number of aliphatic imine (C=N–C) groups is 1. The van der Waals surface area contributed by atoms with Crippen LogP contribution in [-0.4, -0.2) is 45.9 Å². The summed E-state index contributed by atoms with van der Waals surface area (Å²) in [4.78, 5) is 25.8. The van der Waals surface area contributed by atoms with E-state index >= 15 is 0 Å². The molecule has 134 valence electrons. The molecule has 1 aromatic carbocycles. The number of aldehydes is 1. The summed E-state index contributed by atoms with van der Waals surface area (Å²) >= 11 is 1.35. The molecule has 0 aliphatic rings. The first-order chi connectivity index (χ1) is 12.5. The fraction of sp³-hybridized carbons (Fsp3) is 0.211. The smallest absolute Gasteiger partial charge is 0.162 e. The molecule has 2 aromatic heterocycles. The molecular weight excluding hydrogens is 348 g/mol.